The zero-order valence-corrected chi connectivity index (χ0v) is 12.5. The number of nitrogen functional groups attached to an aromatic ring is 1. The van der Waals surface area contributed by atoms with Crippen LogP contribution < -0.4 is 11.3 Å². The van der Waals surface area contributed by atoms with Crippen LogP contribution in [-0.2, 0) is 11.2 Å². The average Bonchev–Trinajstić information content (AvgIpc) is 2.51. The Morgan fingerprint density at radius 3 is 2.86 bits per heavy atom. The number of carbonyl (C=O) groups is 1. The van der Waals surface area contributed by atoms with Crippen molar-refractivity contribution in [1.82, 2.24) is 4.98 Å². The standard InChI is InChI=1S/C16H21N3O2/c1-3-5-6-11-7-8-14-12(9-11)15(19-17)13(10-18-14)16(20)21-4-2/h7-10H,3-6,17H2,1-2H3,(H,18,19). The van der Waals surface area contributed by atoms with Gasteiger partial charge in [0, 0.05) is 11.6 Å². The molecule has 1 aromatic carbocycles. The summed E-state index contributed by atoms with van der Waals surface area (Å²) in [5.41, 5.74) is 5.56. The Hall–Kier alpha value is -2.14. The van der Waals surface area contributed by atoms with Crippen LogP contribution in [0.2, 0.25) is 0 Å². The van der Waals surface area contributed by atoms with Crippen LogP contribution in [0.4, 0.5) is 5.69 Å². The van der Waals surface area contributed by atoms with E-state index in [0.717, 1.165) is 30.2 Å². The number of esters is 1. The highest BCUT2D eigenvalue weighted by molar-refractivity contribution is 6.04. The fourth-order valence-electron chi connectivity index (χ4n) is 2.30. The van der Waals surface area contributed by atoms with E-state index in [-0.39, 0.29) is 0 Å². The first-order valence-corrected chi connectivity index (χ1v) is 7.26. The van der Waals surface area contributed by atoms with Crippen LogP contribution in [-0.4, -0.2) is 17.6 Å². The summed E-state index contributed by atoms with van der Waals surface area (Å²) in [7, 11) is 0. The number of ether oxygens (including phenoxy) is 1. The molecule has 0 amide bonds. The maximum absolute atomic E-state index is 12.0. The lowest BCUT2D eigenvalue weighted by molar-refractivity contribution is 0.0527. The number of carbonyl (C=O) groups excluding carboxylic acids is 1. The van der Waals surface area contributed by atoms with Crippen molar-refractivity contribution in [3.63, 3.8) is 0 Å². The molecule has 21 heavy (non-hydrogen) atoms. The number of hydrogen-bond donors (Lipinski definition) is 2. The van der Waals surface area contributed by atoms with E-state index in [1.165, 1.54) is 11.8 Å². The van der Waals surface area contributed by atoms with Crippen molar-refractivity contribution in [2.75, 3.05) is 12.0 Å². The van der Waals surface area contributed by atoms with Gasteiger partial charge in [-0.25, -0.2) is 4.79 Å². The molecule has 1 heterocycles. The van der Waals surface area contributed by atoms with Gasteiger partial charge in [-0.3, -0.25) is 10.8 Å². The summed E-state index contributed by atoms with van der Waals surface area (Å²) in [6.45, 7) is 4.25. The van der Waals surface area contributed by atoms with E-state index < -0.39 is 5.97 Å². The number of fused-ring (bicyclic) bond motifs is 1. The van der Waals surface area contributed by atoms with Crippen LogP contribution in [0, 0.1) is 0 Å². The zero-order valence-electron chi connectivity index (χ0n) is 12.5. The van der Waals surface area contributed by atoms with E-state index in [4.69, 9.17) is 10.6 Å². The number of nitrogens with zero attached hydrogens (tertiary/aromatic N) is 1. The Kier molecular flexibility index (Phi) is 5.11. The molecule has 0 saturated carbocycles. The van der Waals surface area contributed by atoms with Crippen molar-refractivity contribution in [2.24, 2.45) is 5.84 Å². The first-order chi connectivity index (χ1) is 10.2. The fraction of sp³-hybridized carbons (Fsp3) is 0.375. The Morgan fingerprint density at radius 1 is 1.38 bits per heavy atom. The molecule has 1 aromatic heterocycles. The minimum absolute atomic E-state index is 0.317. The van der Waals surface area contributed by atoms with Gasteiger partial charge in [0.15, 0.2) is 0 Å². The third-order valence-electron chi connectivity index (χ3n) is 3.39. The predicted octanol–water partition coefficient (Wildman–Crippen LogP) is 3.04. The molecule has 0 spiro atoms. The minimum Gasteiger partial charge on any atom is -0.462 e. The topological polar surface area (TPSA) is 77.2 Å². The first kappa shape index (κ1) is 15.3. The van der Waals surface area contributed by atoms with Gasteiger partial charge in [0.2, 0.25) is 0 Å². The van der Waals surface area contributed by atoms with Gasteiger partial charge >= 0.3 is 5.97 Å². The van der Waals surface area contributed by atoms with E-state index in [1.807, 2.05) is 12.1 Å². The van der Waals surface area contributed by atoms with Crippen LogP contribution in [0.25, 0.3) is 10.9 Å². The number of unbranched alkanes of at least 4 members (excludes halogenated alkanes) is 1. The molecule has 0 aliphatic rings. The monoisotopic (exact) mass is 287 g/mol. The number of anilines is 1. The van der Waals surface area contributed by atoms with E-state index in [0.29, 0.717) is 17.9 Å². The molecule has 5 nitrogen and oxygen atoms in total. The molecule has 0 bridgehead atoms. The number of rotatable bonds is 6. The molecule has 0 unspecified atom stereocenters. The Labute approximate surface area is 124 Å². The van der Waals surface area contributed by atoms with Crippen LogP contribution in [0.15, 0.2) is 24.4 Å². The Morgan fingerprint density at radius 2 is 2.19 bits per heavy atom. The summed E-state index contributed by atoms with van der Waals surface area (Å²) in [4.78, 5) is 16.3. The number of aromatic nitrogens is 1. The van der Waals surface area contributed by atoms with Gasteiger partial charge in [0.05, 0.1) is 17.8 Å². The smallest absolute Gasteiger partial charge is 0.341 e. The minimum atomic E-state index is -0.418. The summed E-state index contributed by atoms with van der Waals surface area (Å²) in [5.74, 6) is 5.20. The number of nitrogens with one attached hydrogen (secondary N) is 1. The van der Waals surface area contributed by atoms with Gasteiger partial charge in [-0.2, -0.15) is 0 Å². The quantitative estimate of drug-likeness (QED) is 0.485. The van der Waals surface area contributed by atoms with Crippen molar-refractivity contribution >= 4 is 22.6 Å². The number of aryl methyl sites for hydroxylation is 1. The number of hydrazine groups is 1. The highest BCUT2D eigenvalue weighted by Crippen LogP contribution is 2.27. The lowest BCUT2D eigenvalue weighted by Crippen LogP contribution is -2.15. The largest absolute Gasteiger partial charge is 0.462 e. The second-order valence-electron chi connectivity index (χ2n) is 4.87. The molecule has 2 rings (SSSR count). The molecule has 3 N–H and O–H groups in total. The van der Waals surface area contributed by atoms with E-state index in [1.54, 1.807) is 6.92 Å². The number of nitrogens with two attached hydrogens (primary N) is 1. The molecule has 5 heteroatoms. The maximum atomic E-state index is 12.0. The Balaban J connectivity index is 2.50. The fourth-order valence-corrected chi connectivity index (χ4v) is 2.30. The number of benzene rings is 1. The van der Waals surface area contributed by atoms with Crippen molar-refractivity contribution < 1.29 is 9.53 Å². The molecule has 0 aliphatic carbocycles. The van der Waals surface area contributed by atoms with Gasteiger partial charge in [-0.05, 0) is 37.5 Å². The van der Waals surface area contributed by atoms with E-state index >= 15 is 0 Å². The van der Waals surface area contributed by atoms with Crippen LogP contribution in [0.1, 0.15) is 42.6 Å². The molecular formula is C16H21N3O2. The Bertz CT molecular complexity index is 641. The van der Waals surface area contributed by atoms with Gasteiger partial charge in [0.25, 0.3) is 0 Å². The van der Waals surface area contributed by atoms with Gasteiger partial charge in [0.1, 0.15) is 5.56 Å². The summed E-state index contributed by atoms with van der Waals surface area (Å²) >= 11 is 0. The molecule has 2 aromatic rings. The summed E-state index contributed by atoms with van der Waals surface area (Å²) < 4.78 is 5.04. The van der Waals surface area contributed by atoms with E-state index in [2.05, 4.69) is 23.4 Å². The van der Waals surface area contributed by atoms with Crippen molar-refractivity contribution in [3.05, 3.63) is 35.5 Å². The lowest BCUT2D eigenvalue weighted by atomic mass is 10.0. The summed E-state index contributed by atoms with van der Waals surface area (Å²) in [6.07, 6.45) is 4.77. The van der Waals surface area contributed by atoms with E-state index in [9.17, 15) is 4.79 Å². The van der Waals surface area contributed by atoms with Gasteiger partial charge in [-0.15, -0.1) is 0 Å². The SMILES string of the molecule is CCCCc1ccc2ncc(C(=O)OCC)c(NN)c2c1. The normalized spacial score (nSPS) is 10.6. The van der Waals surface area contributed by atoms with Crippen LogP contribution in [0.3, 0.4) is 0 Å². The zero-order chi connectivity index (χ0) is 15.2. The summed E-state index contributed by atoms with van der Waals surface area (Å²) in [6, 6.07) is 6.06. The van der Waals surface area contributed by atoms with Crippen molar-refractivity contribution in [1.29, 1.82) is 0 Å². The highest BCUT2D eigenvalue weighted by Gasteiger charge is 2.16. The average molecular weight is 287 g/mol. The second-order valence-corrected chi connectivity index (χ2v) is 4.87. The van der Waals surface area contributed by atoms with Gasteiger partial charge < -0.3 is 10.2 Å². The second kappa shape index (κ2) is 7.04. The van der Waals surface area contributed by atoms with Crippen LogP contribution in [0.5, 0.6) is 0 Å². The van der Waals surface area contributed by atoms with Crippen molar-refractivity contribution in [3.8, 4) is 0 Å². The molecular weight excluding hydrogens is 266 g/mol. The third kappa shape index (κ3) is 3.31. The molecule has 0 fully saturated rings. The van der Waals surface area contributed by atoms with Crippen molar-refractivity contribution in [2.45, 2.75) is 33.1 Å². The molecule has 0 radical (unpaired) electrons. The maximum Gasteiger partial charge on any atom is 0.341 e. The molecule has 0 atom stereocenters. The first-order valence-electron chi connectivity index (χ1n) is 7.26. The number of hydrogen-bond acceptors (Lipinski definition) is 5. The molecule has 0 aliphatic heterocycles. The summed E-state index contributed by atoms with van der Waals surface area (Å²) in [5, 5.41) is 0.844. The van der Waals surface area contributed by atoms with Crippen LogP contribution >= 0.6 is 0 Å². The third-order valence-corrected chi connectivity index (χ3v) is 3.39. The lowest BCUT2D eigenvalue weighted by Gasteiger charge is -2.12. The number of pyridine rings is 1. The molecule has 112 valence electrons. The predicted molar refractivity (Wildman–Crippen MR) is 84.1 cm³/mol. The van der Waals surface area contributed by atoms with Gasteiger partial charge in [-0.1, -0.05) is 19.4 Å². The highest BCUT2D eigenvalue weighted by atomic mass is 16.5. The molecule has 0 saturated heterocycles.